The fraction of sp³-hybridized carbons (Fsp3) is 0. The van der Waals surface area contributed by atoms with Crippen LogP contribution in [0.2, 0.25) is 5.02 Å². The normalized spacial score (nSPS) is 11.2. The average Bonchev–Trinajstić information content (AvgIpc) is 2.67. The second kappa shape index (κ2) is 4.64. The van der Waals surface area contributed by atoms with Crippen LogP contribution in [0.1, 0.15) is 0 Å². The monoisotopic (exact) mass is 314 g/mol. The van der Waals surface area contributed by atoms with Crippen molar-refractivity contribution in [2.24, 2.45) is 0 Å². The SMILES string of the molecule is Fc1cc2[nH]c(=S)n(-c3c(F)cccc3F)c2cc1Cl. The molecular weight excluding hydrogens is 309 g/mol. The molecule has 0 fully saturated rings. The smallest absolute Gasteiger partial charge is 0.182 e. The number of nitrogens with one attached hydrogen (secondary N) is 1. The van der Waals surface area contributed by atoms with Crippen molar-refractivity contribution < 1.29 is 13.2 Å². The van der Waals surface area contributed by atoms with E-state index < -0.39 is 17.5 Å². The molecule has 0 aliphatic carbocycles. The molecule has 0 aliphatic rings. The minimum Gasteiger partial charge on any atom is -0.330 e. The van der Waals surface area contributed by atoms with E-state index in [0.29, 0.717) is 11.0 Å². The molecule has 0 radical (unpaired) electrons. The van der Waals surface area contributed by atoms with Crippen LogP contribution in [-0.2, 0) is 0 Å². The number of rotatable bonds is 1. The number of aromatic amines is 1. The summed E-state index contributed by atoms with van der Waals surface area (Å²) in [5.74, 6) is -2.19. The molecule has 3 aromatic rings. The Morgan fingerprint density at radius 2 is 1.70 bits per heavy atom. The lowest BCUT2D eigenvalue weighted by Crippen LogP contribution is -2.01. The maximum absolute atomic E-state index is 13.9. The summed E-state index contributed by atoms with van der Waals surface area (Å²) >= 11 is 10.8. The van der Waals surface area contributed by atoms with Gasteiger partial charge in [-0.3, -0.25) is 4.57 Å². The number of H-pyrrole nitrogens is 1. The molecule has 0 saturated heterocycles. The van der Waals surface area contributed by atoms with E-state index in [0.717, 1.165) is 22.8 Å². The van der Waals surface area contributed by atoms with Crippen LogP contribution < -0.4 is 0 Å². The number of nitrogens with zero attached hydrogens (tertiary/aromatic N) is 1. The highest BCUT2D eigenvalue weighted by molar-refractivity contribution is 7.71. The summed E-state index contributed by atoms with van der Waals surface area (Å²) in [5, 5.41) is -0.156. The average molecular weight is 315 g/mol. The minimum absolute atomic E-state index is 0.0469. The van der Waals surface area contributed by atoms with E-state index in [-0.39, 0.29) is 15.5 Å². The fourth-order valence-electron chi connectivity index (χ4n) is 2.03. The molecule has 0 saturated carbocycles. The van der Waals surface area contributed by atoms with Crippen LogP contribution in [0.15, 0.2) is 30.3 Å². The second-order valence-corrected chi connectivity index (χ2v) is 4.91. The molecule has 0 atom stereocenters. The lowest BCUT2D eigenvalue weighted by atomic mass is 10.2. The van der Waals surface area contributed by atoms with Crippen molar-refractivity contribution in [2.75, 3.05) is 0 Å². The maximum atomic E-state index is 13.9. The Balaban J connectivity index is 2.46. The lowest BCUT2D eigenvalue weighted by molar-refractivity contribution is 0.570. The van der Waals surface area contributed by atoms with Gasteiger partial charge >= 0.3 is 0 Å². The van der Waals surface area contributed by atoms with E-state index in [1.165, 1.54) is 12.1 Å². The third-order valence-electron chi connectivity index (χ3n) is 2.89. The largest absolute Gasteiger partial charge is 0.330 e. The van der Waals surface area contributed by atoms with Crippen LogP contribution in [0, 0.1) is 22.2 Å². The third kappa shape index (κ3) is 1.92. The number of hydrogen-bond donors (Lipinski definition) is 1. The van der Waals surface area contributed by atoms with Crippen LogP contribution in [0.4, 0.5) is 13.2 Å². The molecule has 20 heavy (non-hydrogen) atoms. The van der Waals surface area contributed by atoms with Gasteiger partial charge in [-0.2, -0.15) is 0 Å². The summed E-state index contributed by atoms with van der Waals surface area (Å²) in [6.07, 6.45) is 0. The standard InChI is InChI=1S/C13H6ClF3N2S/c14-6-4-11-10(5-9(6)17)18-13(20)19(11)12-7(15)2-1-3-8(12)16/h1-5H,(H,18,20). The predicted molar refractivity (Wildman–Crippen MR) is 73.3 cm³/mol. The number of imidazole rings is 1. The predicted octanol–water partition coefficient (Wildman–Crippen LogP) is 4.76. The van der Waals surface area contributed by atoms with Crippen molar-refractivity contribution in [2.45, 2.75) is 0 Å². The summed E-state index contributed by atoms with van der Waals surface area (Å²) in [5.41, 5.74) is 0.274. The van der Waals surface area contributed by atoms with Crippen LogP contribution in [0.3, 0.4) is 0 Å². The number of aromatic nitrogens is 2. The van der Waals surface area contributed by atoms with Gasteiger partial charge in [-0.1, -0.05) is 17.7 Å². The van der Waals surface area contributed by atoms with Gasteiger partial charge in [0.1, 0.15) is 23.1 Å². The molecule has 0 amide bonds. The highest BCUT2D eigenvalue weighted by atomic mass is 35.5. The van der Waals surface area contributed by atoms with Gasteiger partial charge in [0.05, 0.1) is 16.1 Å². The van der Waals surface area contributed by atoms with E-state index >= 15 is 0 Å². The molecule has 0 unspecified atom stereocenters. The van der Waals surface area contributed by atoms with Crippen molar-refractivity contribution in [3.63, 3.8) is 0 Å². The Hall–Kier alpha value is -1.79. The third-order valence-corrected chi connectivity index (χ3v) is 3.46. The molecule has 0 spiro atoms. The van der Waals surface area contributed by atoms with Gasteiger partial charge in [0.25, 0.3) is 0 Å². The van der Waals surface area contributed by atoms with Crippen molar-refractivity contribution in [3.05, 3.63) is 57.6 Å². The quantitative estimate of drug-likeness (QED) is 0.642. The van der Waals surface area contributed by atoms with Crippen LogP contribution in [-0.4, -0.2) is 9.55 Å². The summed E-state index contributed by atoms with van der Waals surface area (Å²) in [4.78, 5) is 2.69. The maximum Gasteiger partial charge on any atom is 0.182 e. The van der Waals surface area contributed by atoms with Gasteiger partial charge in [0.15, 0.2) is 4.77 Å². The van der Waals surface area contributed by atoms with Gasteiger partial charge in [-0.15, -0.1) is 0 Å². The molecule has 3 rings (SSSR count). The van der Waals surface area contributed by atoms with Gasteiger partial charge in [-0.05, 0) is 30.4 Å². The number of benzene rings is 2. The number of fused-ring (bicyclic) bond motifs is 1. The molecule has 1 N–H and O–H groups in total. The Morgan fingerprint density at radius 3 is 2.35 bits per heavy atom. The Kier molecular flexibility index (Phi) is 3.07. The summed E-state index contributed by atoms with van der Waals surface area (Å²) in [7, 11) is 0. The second-order valence-electron chi connectivity index (χ2n) is 4.12. The van der Waals surface area contributed by atoms with Crippen LogP contribution in [0.5, 0.6) is 0 Å². The molecule has 0 aliphatic heterocycles. The molecular formula is C13H6ClF3N2S. The van der Waals surface area contributed by atoms with Crippen LogP contribution >= 0.6 is 23.8 Å². The summed E-state index contributed by atoms with van der Waals surface area (Å²) in [6.45, 7) is 0. The highest BCUT2D eigenvalue weighted by Gasteiger charge is 2.16. The topological polar surface area (TPSA) is 20.7 Å². The first-order valence-electron chi connectivity index (χ1n) is 5.53. The molecule has 7 heteroatoms. The summed E-state index contributed by atoms with van der Waals surface area (Å²) in [6, 6.07) is 5.88. The fourth-order valence-corrected chi connectivity index (χ4v) is 2.48. The first-order valence-corrected chi connectivity index (χ1v) is 6.32. The Labute approximate surface area is 121 Å². The zero-order chi connectivity index (χ0) is 14.4. The minimum atomic E-state index is -0.776. The number of para-hydroxylation sites is 1. The van der Waals surface area contributed by atoms with Gasteiger partial charge < -0.3 is 4.98 Å². The van der Waals surface area contributed by atoms with E-state index in [9.17, 15) is 13.2 Å². The van der Waals surface area contributed by atoms with Crippen molar-refractivity contribution >= 4 is 34.9 Å². The van der Waals surface area contributed by atoms with Gasteiger partial charge in [0.2, 0.25) is 0 Å². The van der Waals surface area contributed by atoms with Crippen molar-refractivity contribution in [1.82, 2.24) is 9.55 Å². The summed E-state index contributed by atoms with van der Waals surface area (Å²) < 4.78 is 42.4. The van der Waals surface area contributed by atoms with E-state index in [1.807, 2.05) is 0 Å². The van der Waals surface area contributed by atoms with Gasteiger partial charge in [0, 0.05) is 6.07 Å². The van der Waals surface area contributed by atoms with E-state index in [2.05, 4.69) is 4.98 Å². The Morgan fingerprint density at radius 1 is 1.05 bits per heavy atom. The Bertz CT molecular complexity index is 865. The molecule has 2 nitrogen and oxygen atoms in total. The molecule has 1 aromatic heterocycles. The van der Waals surface area contributed by atoms with E-state index in [1.54, 1.807) is 0 Å². The molecule has 0 bridgehead atoms. The van der Waals surface area contributed by atoms with Gasteiger partial charge in [-0.25, -0.2) is 13.2 Å². The molecule has 2 aromatic carbocycles. The lowest BCUT2D eigenvalue weighted by Gasteiger charge is -2.07. The molecule has 1 heterocycles. The number of halogens is 4. The zero-order valence-corrected chi connectivity index (χ0v) is 11.3. The highest BCUT2D eigenvalue weighted by Crippen LogP contribution is 2.27. The van der Waals surface area contributed by atoms with Crippen LogP contribution in [0.25, 0.3) is 16.7 Å². The van der Waals surface area contributed by atoms with Crippen molar-refractivity contribution in [3.8, 4) is 5.69 Å². The molecule has 102 valence electrons. The zero-order valence-electron chi connectivity index (χ0n) is 9.75. The first-order chi connectivity index (χ1) is 9.49. The van der Waals surface area contributed by atoms with E-state index in [4.69, 9.17) is 23.8 Å². The number of hydrogen-bond acceptors (Lipinski definition) is 1. The van der Waals surface area contributed by atoms with Crippen molar-refractivity contribution in [1.29, 1.82) is 0 Å². The first kappa shape index (κ1) is 13.2.